The van der Waals surface area contributed by atoms with Gasteiger partial charge in [-0.3, -0.25) is 14.4 Å². The quantitative estimate of drug-likeness (QED) is 0.810. The highest BCUT2D eigenvalue weighted by molar-refractivity contribution is 5.98. The summed E-state index contributed by atoms with van der Waals surface area (Å²) in [4.78, 5) is 36.6. The van der Waals surface area contributed by atoms with Crippen molar-refractivity contribution in [2.45, 2.75) is 64.0 Å². The molecule has 6 heteroatoms. The van der Waals surface area contributed by atoms with Gasteiger partial charge in [0.2, 0.25) is 5.91 Å². The monoisotopic (exact) mass is 358 g/mol. The summed E-state index contributed by atoms with van der Waals surface area (Å²) in [6.07, 6.45) is 4.73. The van der Waals surface area contributed by atoms with Crippen LogP contribution in [0.2, 0.25) is 0 Å². The lowest BCUT2D eigenvalue weighted by molar-refractivity contribution is -0.153. The SMILES string of the molecule is CC(C)NC(=O)c1ccc(NC(=O)C2CC(=O)OC23CCCCC3)cc1. The Morgan fingerprint density at radius 2 is 1.77 bits per heavy atom. The van der Waals surface area contributed by atoms with E-state index in [1.807, 2.05) is 13.8 Å². The lowest BCUT2D eigenvalue weighted by Crippen LogP contribution is -2.43. The fourth-order valence-corrected chi connectivity index (χ4v) is 3.90. The molecule has 1 aromatic rings. The van der Waals surface area contributed by atoms with Crippen molar-refractivity contribution in [1.82, 2.24) is 5.32 Å². The van der Waals surface area contributed by atoms with E-state index < -0.39 is 11.5 Å². The van der Waals surface area contributed by atoms with E-state index in [4.69, 9.17) is 4.74 Å². The first-order valence-electron chi connectivity index (χ1n) is 9.33. The van der Waals surface area contributed by atoms with Crippen molar-refractivity contribution in [3.63, 3.8) is 0 Å². The van der Waals surface area contributed by atoms with Crippen molar-refractivity contribution in [2.24, 2.45) is 5.92 Å². The van der Waals surface area contributed by atoms with Gasteiger partial charge in [-0.1, -0.05) is 6.42 Å². The Balaban J connectivity index is 1.67. The largest absolute Gasteiger partial charge is 0.458 e. The number of nitrogens with one attached hydrogen (secondary N) is 2. The highest BCUT2D eigenvalue weighted by atomic mass is 16.6. The maximum absolute atomic E-state index is 12.8. The number of esters is 1. The summed E-state index contributed by atoms with van der Waals surface area (Å²) in [5, 5.41) is 5.71. The summed E-state index contributed by atoms with van der Waals surface area (Å²) in [7, 11) is 0. The first-order chi connectivity index (χ1) is 12.4. The van der Waals surface area contributed by atoms with Gasteiger partial charge in [-0.15, -0.1) is 0 Å². The maximum atomic E-state index is 12.8. The molecule has 1 unspecified atom stereocenters. The van der Waals surface area contributed by atoms with E-state index in [1.54, 1.807) is 24.3 Å². The second-order valence-corrected chi connectivity index (χ2v) is 7.55. The molecule has 2 fully saturated rings. The first kappa shape index (κ1) is 18.4. The Hall–Kier alpha value is -2.37. The molecule has 1 saturated carbocycles. The van der Waals surface area contributed by atoms with E-state index in [0.717, 1.165) is 32.1 Å². The van der Waals surface area contributed by atoms with Crippen molar-refractivity contribution in [2.75, 3.05) is 5.32 Å². The lowest BCUT2D eigenvalue weighted by atomic mass is 9.75. The third-order valence-corrected chi connectivity index (χ3v) is 5.17. The van der Waals surface area contributed by atoms with E-state index >= 15 is 0 Å². The van der Waals surface area contributed by atoms with Crippen LogP contribution in [0.4, 0.5) is 5.69 Å². The molecule has 2 amide bonds. The molecule has 1 saturated heterocycles. The van der Waals surface area contributed by atoms with Gasteiger partial charge in [-0.2, -0.15) is 0 Å². The first-order valence-corrected chi connectivity index (χ1v) is 9.33. The molecular weight excluding hydrogens is 332 g/mol. The van der Waals surface area contributed by atoms with E-state index in [1.165, 1.54) is 0 Å². The summed E-state index contributed by atoms with van der Waals surface area (Å²) in [5.74, 6) is -1.06. The Kier molecular flexibility index (Phi) is 5.30. The molecule has 140 valence electrons. The molecule has 1 atom stereocenters. The van der Waals surface area contributed by atoms with Gasteiger partial charge < -0.3 is 15.4 Å². The van der Waals surface area contributed by atoms with Crippen LogP contribution < -0.4 is 10.6 Å². The highest BCUT2D eigenvalue weighted by Gasteiger charge is 2.52. The molecule has 1 aliphatic carbocycles. The van der Waals surface area contributed by atoms with E-state index in [0.29, 0.717) is 11.3 Å². The van der Waals surface area contributed by atoms with E-state index in [-0.39, 0.29) is 30.2 Å². The summed E-state index contributed by atoms with van der Waals surface area (Å²) >= 11 is 0. The third kappa shape index (κ3) is 3.89. The van der Waals surface area contributed by atoms with Crippen LogP contribution in [0.3, 0.4) is 0 Å². The number of benzene rings is 1. The van der Waals surface area contributed by atoms with Gasteiger partial charge in [0.25, 0.3) is 5.91 Å². The normalized spacial score (nSPS) is 21.5. The van der Waals surface area contributed by atoms with Crippen LogP contribution >= 0.6 is 0 Å². The predicted octanol–water partition coefficient (Wildman–Crippen LogP) is 3.03. The van der Waals surface area contributed by atoms with Gasteiger partial charge in [0, 0.05) is 17.3 Å². The fraction of sp³-hybridized carbons (Fsp3) is 0.550. The standard InChI is InChI=1S/C20H26N2O4/c1-13(2)21-18(24)14-6-8-15(9-7-14)22-19(25)16-12-17(23)26-20(16)10-4-3-5-11-20/h6-9,13,16H,3-5,10-12H2,1-2H3,(H,21,24)(H,22,25). The number of anilines is 1. The van der Waals surface area contributed by atoms with Crippen LogP contribution in [-0.4, -0.2) is 29.4 Å². The Bertz CT molecular complexity index is 690. The van der Waals surface area contributed by atoms with Crippen molar-refractivity contribution in [3.8, 4) is 0 Å². The topological polar surface area (TPSA) is 84.5 Å². The zero-order chi connectivity index (χ0) is 18.7. The number of carbonyl (C=O) groups excluding carboxylic acids is 3. The van der Waals surface area contributed by atoms with Crippen LogP contribution in [-0.2, 0) is 14.3 Å². The van der Waals surface area contributed by atoms with Gasteiger partial charge in [-0.25, -0.2) is 0 Å². The third-order valence-electron chi connectivity index (χ3n) is 5.17. The van der Waals surface area contributed by atoms with E-state index in [9.17, 15) is 14.4 Å². The van der Waals surface area contributed by atoms with Crippen LogP contribution in [0.15, 0.2) is 24.3 Å². The number of carbonyl (C=O) groups is 3. The summed E-state index contributed by atoms with van der Waals surface area (Å²) in [5.41, 5.74) is 0.525. The molecule has 2 aliphatic rings. The minimum absolute atomic E-state index is 0.0634. The average molecular weight is 358 g/mol. The number of rotatable bonds is 4. The molecule has 1 aliphatic heterocycles. The Morgan fingerprint density at radius 1 is 1.12 bits per heavy atom. The van der Waals surface area contributed by atoms with Crippen molar-refractivity contribution in [1.29, 1.82) is 0 Å². The molecule has 0 aromatic heterocycles. The molecule has 2 N–H and O–H groups in total. The molecule has 3 rings (SSSR count). The van der Waals surface area contributed by atoms with E-state index in [2.05, 4.69) is 10.6 Å². The van der Waals surface area contributed by atoms with Crippen LogP contribution in [0, 0.1) is 5.92 Å². The minimum Gasteiger partial charge on any atom is -0.458 e. The molecule has 26 heavy (non-hydrogen) atoms. The summed E-state index contributed by atoms with van der Waals surface area (Å²) in [6.45, 7) is 3.80. The number of ether oxygens (including phenoxy) is 1. The van der Waals surface area contributed by atoms with Crippen LogP contribution in [0.1, 0.15) is 62.7 Å². The number of hydrogen-bond acceptors (Lipinski definition) is 4. The second-order valence-electron chi connectivity index (χ2n) is 7.55. The predicted molar refractivity (Wildman–Crippen MR) is 97.7 cm³/mol. The molecule has 1 aromatic carbocycles. The Labute approximate surface area is 153 Å². The molecule has 0 bridgehead atoms. The van der Waals surface area contributed by atoms with Gasteiger partial charge >= 0.3 is 5.97 Å². The average Bonchev–Trinajstić information content (AvgIpc) is 2.91. The van der Waals surface area contributed by atoms with Crippen molar-refractivity contribution in [3.05, 3.63) is 29.8 Å². The van der Waals surface area contributed by atoms with Crippen molar-refractivity contribution < 1.29 is 19.1 Å². The van der Waals surface area contributed by atoms with Gasteiger partial charge in [-0.05, 0) is 63.8 Å². The summed E-state index contributed by atoms with van der Waals surface area (Å²) in [6, 6.07) is 6.84. The zero-order valence-corrected chi connectivity index (χ0v) is 15.3. The molecule has 1 spiro atoms. The molecule has 6 nitrogen and oxygen atoms in total. The fourth-order valence-electron chi connectivity index (χ4n) is 3.90. The second kappa shape index (κ2) is 7.48. The van der Waals surface area contributed by atoms with Gasteiger partial charge in [0.15, 0.2) is 0 Å². The maximum Gasteiger partial charge on any atom is 0.307 e. The number of amides is 2. The molecule has 1 heterocycles. The highest BCUT2D eigenvalue weighted by Crippen LogP contribution is 2.44. The van der Waals surface area contributed by atoms with Gasteiger partial charge in [0.1, 0.15) is 5.60 Å². The lowest BCUT2D eigenvalue weighted by Gasteiger charge is -2.36. The summed E-state index contributed by atoms with van der Waals surface area (Å²) < 4.78 is 5.60. The molecular formula is C20H26N2O4. The van der Waals surface area contributed by atoms with Crippen LogP contribution in [0.25, 0.3) is 0 Å². The van der Waals surface area contributed by atoms with Crippen LogP contribution in [0.5, 0.6) is 0 Å². The Morgan fingerprint density at radius 3 is 2.38 bits per heavy atom. The molecule has 0 radical (unpaired) electrons. The zero-order valence-electron chi connectivity index (χ0n) is 15.3. The number of hydrogen-bond donors (Lipinski definition) is 2. The smallest absolute Gasteiger partial charge is 0.307 e. The van der Waals surface area contributed by atoms with Crippen molar-refractivity contribution >= 4 is 23.5 Å². The minimum atomic E-state index is -0.628. The van der Waals surface area contributed by atoms with Gasteiger partial charge in [0.05, 0.1) is 12.3 Å².